The highest BCUT2D eigenvalue weighted by atomic mass is 16.5. The van der Waals surface area contributed by atoms with Crippen LogP contribution in [0.4, 0.5) is 0 Å². The highest BCUT2D eigenvalue weighted by Crippen LogP contribution is 2.27. The molecular formula is C22H34N2O4. The molecule has 28 heavy (non-hydrogen) atoms. The molecule has 1 aromatic carbocycles. The number of nitrogens with zero attached hydrogens (tertiary/aromatic N) is 2. The molecule has 1 saturated heterocycles. The number of rotatable bonds is 6. The number of carbonyl (C=O) groups excluding carboxylic acids is 1. The monoisotopic (exact) mass is 390 g/mol. The largest absolute Gasteiger partial charge is 0.490 e. The van der Waals surface area contributed by atoms with Crippen LogP contribution >= 0.6 is 0 Å². The van der Waals surface area contributed by atoms with Gasteiger partial charge in [-0.1, -0.05) is 18.9 Å². The average Bonchev–Trinajstić information content (AvgIpc) is 3.14. The van der Waals surface area contributed by atoms with Crippen molar-refractivity contribution in [1.29, 1.82) is 0 Å². The Kier molecular flexibility index (Phi) is 6.96. The fraction of sp³-hybridized carbons (Fsp3) is 0.682. The molecule has 1 aliphatic carbocycles. The third-order valence-electron chi connectivity index (χ3n) is 6.09. The molecule has 1 aromatic rings. The third-order valence-corrected chi connectivity index (χ3v) is 6.09. The van der Waals surface area contributed by atoms with Crippen LogP contribution in [0.15, 0.2) is 18.2 Å². The smallest absolute Gasteiger partial charge is 0.248 e. The van der Waals surface area contributed by atoms with E-state index >= 15 is 0 Å². The number of aliphatic hydroxyl groups is 1. The molecule has 0 radical (unpaired) electrons. The van der Waals surface area contributed by atoms with Gasteiger partial charge >= 0.3 is 0 Å². The van der Waals surface area contributed by atoms with Crippen LogP contribution in [0, 0.1) is 13.8 Å². The van der Waals surface area contributed by atoms with E-state index in [-0.39, 0.29) is 25.7 Å². The second-order valence-electron chi connectivity index (χ2n) is 8.42. The predicted molar refractivity (Wildman–Crippen MR) is 109 cm³/mol. The Balaban J connectivity index is 1.73. The van der Waals surface area contributed by atoms with Crippen LogP contribution < -0.4 is 4.74 Å². The van der Waals surface area contributed by atoms with Crippen molar-refractivity contribution in [3.63, 3.8) is 0 Å². The summed E-state index contributed by atoms with van der Waals surface area (Å²) in [6.07, 6.45) is 4.82. The number of β-amino-alcohol motifs (C(OH)–C–C–N with tert-alkyl or cyclic N) is 1. The molecule has 156 valence electrons. The van der Waals surface area contributed by atoms with Crippen LogP contribution in [-0.4, -0.2) is 79.0 Å². The number of amides is 1. The van der Waals surface area contributed by atoms with Gasteiger partial charge in [-0.05, 0) is 49.9 Å². The Morgan fingerprint density at radius 3 is 2.61 bits per heavy atom. The number of carbonyl (C=O) groups is 1. The van der Waals surface area contributed by atoms with Gasteiger partial charge in [-0.15, -0.1) is 0 Å². The summed E-state index contributed by atoms with van der Waals surface area (Å²) < 4.78 is 11.0. The number of ether oxygens (including phenoxy) is 2. The van der Waals surface area contributed by atoms with Crippen LogP contribution in [0.3, 0.4) is 0 Å². The quantitative estimate of drug-likeness (QED) is 0.806. The zero-order chi connectivity index (χ0) is 20.1. The third kappa shape index (κ3) is 5.25. The van der Waals surface area contributed by atoms with E-state index in [0.717, 1.165) is 17.9 Å². The molecule has 0 bridgehead atoms. The van der Waals surface area contributed by atoms with Gasteiger partial charge in [0.2, 0.25) is 5.91 Å². The number of hydrogen-bond donors (Lipinski definition) is 1. The minimum absolute atomic E-state index is 0.0392. The van der Waals surface area contributed by atoms with E-state index < -0.39 is 5.60 Å². The Morgan fingerprint density at radius 1 is 1.18 bits per heavy atom. The summed E-state index contributed by atoms with van der Waals surface area (Å²) in [5.74, 6) is 0.670. The van der Waals surface area contributed by atoms with Gasteiger partial charge in [0.05, 0.1) is 6.54 Å². The first-order valence-electron chi connectivity index (χ1n) is 10.3. The first-order chi connectivity index (χ1) is 13.4. The van der Waals surface area contributed by atoms with E-state index in [1.54, 1.807) is 4.90 Å². The van der Waals surface area contributed by atoms with Crippen molar-refractivity contribution in [2.24, 2.45) is 0 Å². The maximum Gasteiger partial charge on any atom is 0.248 e. The van der Waals surface area contributed by atoms with Gasteiger partial charge in [0, 0.05) is 32.8 Å². The Bertz CT molecular complexity index is 675. The van der Waals surface area contributed by atoms with E-state index in [1.807, 2.05) is 18.2 Å². The highest BCUT2D eigenvalue weighted by Gasteiger charge is 2.39. The molecule has 1 atom stereocenters. The van der Waals surface area contributed by atoms with Crippen LogP contribution in [0.1, 0.15) is 36.8 Å². The normalized spacial score (nSPS) is 24.4. The molecule has 1 saturated carbocycles. The summed E-state index contributed by atoms with van der Waals surface area (Å²) in [4.78, 5) is 16.5. The van der Waals surface area contributed by atoms with Crippen molar-refractivity contribution in [3.8, 4) is 5.75 Å². The molecule has 6 nitrogen and oxygen atoms in total. The van der Waals surface area contributed by atoms with Crippen LogP contribution in [0.25, 0.3) is 0 Å². The standard InChI is InChI=1S/C22H34N2O4/c1-17-8-9-20(12-18(17)2)28-16-22(26)14-23(19-6-4-5-7-19)10-11-24(15-22)21(25)13-27-3/h8-9,12,19,26H,4-7,10-11,13-16H2,1-3H3. The Morgan fingerprint density at radius 2 is 1.93 bits per heavy atom. The zero-order valence-electron chi connectivity index (χ0n) is 17.4. The van der Waals surface area contributed by atoms with Gasteiger partial charge in [0.15, 0.2) is 0 Å². The van der Waals surface area contributed by atoms with Crippen LogP contribution in [-0.2, 0) is 9.53 Å². The fourth-order valence-corrected chi connectivity index (χ4v) is 4.31. The Hall–Kier alpha value is -1.63. The topological polar surface area (TPSA) is 62.2 Å². The lowest BCUT2D eigenvalue weighted by atomic mass is 10.0. The van der Waals surface area contributed by atoms with Gasteiger partial charge in [0.1, 0.15) is 24.6 Å². The molecule has 0 aromatic heterocycles. The van der Waals surface area contributed by atoms with Crippen molar-refractivity contribution in [1.82, 2.24) is 9.80 Å². The van der Waals surface area contributed by atoms with Crippen molar-refractivity contribution in [2.75, 3.05) is 46.5 Å². The van der Waals surface area contributed by atoms with Gasteiger partial charge in [-0.25, -0.2) is 0 Å². The minimum atomic E-state index is -1.11. The molecule has 1 unspecified atom stereocenters. The number of hydrogen-bond acceptors (Lipinski definition) is 5. The number of methoxy groups -OCH3 is 1. The van der Waals surface area contributed by atoms with E-state index in [0.29, 0.717) is 19.1 Å². The first-order valence-corrected chi connectivity index (χ1v) is 10.3. The lowest BCUT2D eigenvalue weighted by Gasteiger charge is -2.35. The van der Waals surface area contributed by atoms with Crippen molar-refractivity contribution in [3.05, 3.63) is 29.3 Å². The predicted octanol–water partition coefficient (Wildman–Crippen LogP) is 2.15. The number of aryl methyl sites for hydroxylation is 2. The van der Waals surface area contributed by atoms with E-state index in [2.05, 4.69) is 18.7 Å². The van der Waals surface area contributed by atoms with Crippen LogP contribution in [0.5, 0.6) is 5.75 Å². The summed E-state index contributed by atoms with van der Waals surface area (Å²) in [7, 11) is 1.52. The highest BCUT2D eigenvalue weighted by molar-refractivity contribution is 5.77. The molecule has 1 heterocycles. The average molecular weight is 391 g/mol. The number of benzene rings is 1. The van der Waals surface area contributed by atoms with Gasteiger partial charge < -0.3 is 19.5 Å². The molecular weight excluding hydrogens is 356 g/mol. The van der Waals surface area contributed by atoms with Gasteiger partial charge in [0.25, 0.3) is 0 Å². The maximum absolute atomic E-state index is 12.5. The van der Waals surface area contributed by atoms with Crippen molar-refractivity contribution in [2.45, 2.75) is 51.2 Å². The van der Waals surface area contributed by atoms with Crippen molar-refractivity contribution >= 4 is 5.91 Å². The summed E-state index contributed by atoms with van der Waals surface area (Å²) >= 11 is 0. The van der Waals surface area contributed by atoms with Gasteiger partial charge in [-0.2, -0.15) is 0 Å². The summed E-state index contributed by atoms with van der Waals surface area (Å²) in [6.45, 7) is 6.51. The van der Waals surface area contributed by atoms with Crippen molar-refractivity contribution < 1.29 is 19.4 Å². The SMILES string of the molecule is COCC(=O)N1CCN(C2CCCC2)CC(O)(COc2ccc(C)c(C)c2)C1. The van der Waals surface area contributed by atoms with Crippen LogP contribution in [0.2, 0.25) is 0 Å². The second kappa shape index (κ2) is 9.25. The maximum atomic E-state index is 12.5. The lowest BCUT2D eigenvalue weighted by molar-refractivity contribution is -0.138. The minimum Gasteiger partial charge on any atom is -0.490 e. The molecule has 1 N–H and O–H groups in total. The molecule has 1 aliphatic heterocycles. The molecule has 2 fully saturated rings. The Labute approximate surface area is 168 Å². The molecule has 0 spiro atoms. The van der Waals surface area contributed by atoms with Gasteiger partial charge in [-0.3, -0.25) is 9.69 Å². The summed E-state index contributed by atoms with van der Waals surface area (Å²) in [5, 5.41) is 11.5. The van der Waals surface area contributed by atoms with E-state index in [9.17, 15) is 9.90 Å². The second-order valence-corrected chi connectivity index (χ2v) is 8.42. The molecule has 1 amide bonds. The first kappa shape index (κ1) is 21.1. The molecule has 3 rings (SSSR count). The zero-order valence-corrected chi connectivity index (χ0v) is 17.4. The molecule has 2 aliphatic rings. The fourth-order valence-electron chi connectivity index (χ4n) is 4.31. The summed E-state index contributed by atoms with van der Waals surface area (Å²) in [5.41, 5.74) is 1.26. The van der Waals surface area contributed by atoms with E-state index in [1.165, 1.54) is 38.4 Å². The summed E-state index contributed by atoms with van der Waals surface area (Å²) in [6, 6.07) is 6.45. The molecule has 6 heteroatoms. The van der Waals surface area contributed by atoms with E-state index in [4.69, 9.17) is 9.47 Å². The lowest BCUT2D eigenvalue weighted by Crippen LogP contribution is -2.53.